The van der Waals surface area contributed by atoms with Crippen molar-refractivity contribution in [1.29, 1.82) is 0 Å². The molecule has 0 spiro atoms. The zero-order chi connectivity index (χ0) is 18.0. The van der Waals surface area contributed by atoms with Crippen LogP contribution in [0.25, 0.3) is 0 Å². The molecule has 3 rings (SSSR count). The van der Waals surface area contributed by atoms with Gasteiger partial charge in [0.2, 0.25) is 0 Å². The summed E-state index contributed by atoms with van der Waals surface area (Å²) in [5.41, 5.74) is 2.52. The molecule has 0 saturated carbocycles. The van der Waals surface area contributed by atoms with Crippen LogP contribution in [0.2, 0.25) is 5.02 Å². The molecule has 0 aliphatic carbocycles. The fourth-order valence-electron chi connectivity index (χ4n) is 2.32. The fourth-order valence-corrected chi connectivity index (χ4v) is 2.97. The van der Waals surface area contributed by atoms with Gasteiger partial charge in [-0.1, -0.05) is 41.4 Å². The van der Waals surface area contributed by atoms with Crippen molar-refractivity contribution >= 4 is 39.3 Å². The third-order valence-corrected chi connectivity index (χ3v) is 4.53. The molecule has 0 atom stereocenters. The third kappa shape index (κ3) is 4.11. The molecule has 0 saturated heterocycles. The SMILES string of the molecule is CCn1cc(Cl)c(C(=O)Nc2nn(Cc3ccc(C)cc3)cc2Br)n1. The van der Waals surface area contributed by atoms with E-state index in [9.17, 15) is 4.79 Å². The minimum Gasteiger partial charge on any atom is -0.303 e. The summed E-state index contributed by atoms with van der Waals surface area (Å²) in [6.45, 7) is 5.23. The summed E-state index contributed by atoms with van der Waals surface area (Å²) in [4.78, 5) is 12.4. The topological polar surface area (TPSA) is 64.7 Å². The van der Waals surface area contributed by atoms with Crippen LogP contribution in [0.1, 0.15) is 28.5 Å². The highest BCUT2D eigenvalue weighted by molar-refractivity contribution is 9.10. The highest BCUT2D eigenvalue weighted by Gasteiger charge is 2.18. The van der Waals surface area contributed by atoms with Gasteiger partial charge in [-0.3, -0.25) is 14.2 Å². The van der Waals surface area contributed by atoms with Gasteiger partial charge in [0.05, 0.1) is 16.0 Å². The van der Waals surface area contributed by atoms with E-state index in [0.717, 1.165) is 5.56 Å². The van der Waals surface area contributed by atoms with Crippen molar-refractivity contribution in [2.45, 2.75) is 26.9 Å². The number of benzene rings is 1. The molecule has 0 radical (unpaired) electrons. The first kappa shape index (κ1) is 17.7. The molecular weight excluding hydrogens is 406 g/mol. The van der Waals surface area contributed by atoms with Crippen molar-refractivity contribution in [3.63, 3.8) is 0 Å². The molecule has 2 aromatic heterocycles. The van der Waals surface area contributed by atoms with E-state index < -0.39 is 5.91 Å². The maximum atomic E-state index is 12.4. The standard InChI is InChI=1S/C17H17BrClN5O/c1-3-23-10-14(19)15(21-23)17(25)20-16-13(18)9-24(22-16)8-12-6-4-11(2)5-7-12/h4-7,9-10H,3,8H2,1-2H3,(H,20,22,25). The summed E-state index contributed by atoms with van der Waals surface area (Å²) in [5.74, 6) is 0.0395. The van der Waals surface area contributed by atoms with Gasteiger partial charge >= 0.3 is 0 Å². The van der Waals surface area contributed by atoms with Gasteiger partial charge in [0.15, 0.2) is 11.5 Å². The van der Waals surface area contributed by atoms with Gasteiger partial charge in [-0.15, -0.1) is 0 Å². The second-order valence-electron chi connectivity index (χ2n) is 5.64. The number of nitrogens with zero attached hydrogens (tertiary/aromatic N) is 4. The molecule has 2 heterocycles. The third-order valence-electron chi connectivity index (χ3n) is 3.67. The molecule has 1 N–H and O–H groups in total. The van der Waals surface area contributed by atoms with Crippen LogP contribution >= 0.6 is 27.5 Å². The van der Waals surface area contributed by atoms with Crippen LogP contribution in [0.4, 0.5) is 5.82 Å². The van der Waals surface area contributed by atoms with Gasteiger partial charge in [0.1, 0.15) is 0 Å². The number of aryl methyl sites for hydroxylation is 2. The van der Waals surface area contributed by atoms with Crippen molar-refractivity contribution in [2.75, 3.05) is 5.32 Å². The van der Waals surface area contributed by atoms with Crippen LogP contribution < -0.4 is 5.32 Å². The van der Waals surface area contributed by atoms with Gasteiger partial charge in [-0.2, -0.15) is 10.2 Å². The number of carbonyl (C=O) groups excluding carboxylic acids is 1. The first-order valence-corrected chi connectivity index (χ1v) is 8.96. The van der Waals surface area contributed by atoms with E-state index in [2.05, 4.69) is 55.7 Å². The van der Waals surface area contributed by atoms with E-state index in [1.165, 1.54) is 5.56 Å². The second-order valence-corrected chi connectivity index (χ2v) is 6.91. The van der Waals surface area contributed by atoms with E-state index in [1.807, 2.05) is 20.0 Å². The molecule has 0 fully saturated rings. The van der Waals surface area contributed by atoms with E-state index in [4.69, 9.17) is 11.6 Å². The number of rotatable bonds is 5. The van der Waals surface area contributed by atoms with Gasteiger partial charge in [-0.25, -0.2) is 0 Å². The molecule has 0 unspecified atom stereocenters. The Balaban J connectivity index is 1.74. The number of hydrogen-bond donors (Lipinski definition) is 1. The number of aromatic nitrogens is 4. The Morgan fingerprint density at radius 2 is 1.92 bits per heavy atom. The van der Waals surface area contributed by atoms with Crippen LogP contribution in [0.15, 0.2) is 41.1 Å². The first-order chi connectivity index (χ1) is 12.0. The number of anilines is 1. The lowest BCUT2D eigenvalue weighted by Crippen LogP contribution is -2.15. The Bertz CT molecular complexity index is 900. The van der Waals surface area contributed by atoms with Crippen LogP contribution in [0.3, 0.4) is 0 Å². The minimum atomic E-state index is -0.390. The predicted octanol–water partition coefficient (Wildman–Crippen LogP) is 4.12. The number of halogens is 2. The molecule has 1 aromatic carbocycles. The Morgan fingerprint density at radius 1 is 1.20 bits per heavy atom. The quantitative estimate of drug-likeness (QED) is 0.672. The minimum absolute atomic E-state index is 0.184. The molecule has 1 amide bonds. The van der Waals surface area contributed by atoms with Gasteiger partial charge in [-0.05, 0) is 35.3 Å². The van der Waals surface area contributed by atoms with Crippen molar-refractivity contribution in [3.05, 3.63) is 63.0 Å². The van der Waals surface area contributed by atoms with Gasteiger partial charge in [0.25, 0.3) is 5.91 Å². The average molecular weight is 423 g/mol. The van der Waals surface area contributed by atoms with Crippen molar-refractivity contribution < 1.29 is 4.79 Å². The predicted molar refractivity (Wildman–Crippen MR) is 101 cm³/mol. The maximum absolute atomic E-state index is 12.4. The van der Waals surface area contributed by atoms with Crippen molar-refractivity contribution in [3.8, 4) is 0 Å². The summed E-state index contributed by atoms with van der Waals surface area (Å²) in [6.07, 6.45) is 3.45. The molecule has 130 valence electrons. The molecule has 6 nitrogen and oxygen atoms in total. The normalized spacial score (nSPS) is 10.9. The smallest absolute Gasteiger partial charge is 0.278 e. The van der Waals surface area contributed by atoms with E-state index in [0.29, 0.717) is 28.4 Å². The second kappa shape index (κ2) is 7.41. The number of amides is 1. The summed E-state index contributed by atoms with van der Waals surface area (Å²) < 4.78 is 4.07. The lowest BCUT2D eigenvalue weighted by atomic mass is 10.1. The average Bonchev–Trinajstić information content (AvgIpc) is 3.12. The Morgan fingerprint density at radius 3 is 2.56 bits per heavy atom. The van der Waals surface area contributed by atoms with Crippen molar-refractivity contribution in [1.82, 2.24) is 19.6 Å². The van der Waals surface area contributed by atoms with Crippen molar-refractivity contribution in [2.24, 2.45) is 0 Å². The van der Waals surface area contributed by atoms with Crippen LogP contribution in [0, 0.1) is 6.92 Å². The summed E-state index contributed by atoms with van der Waals surface area (Å²) in [6, 6.07) is 8.23. The zero-order valence-electron chi connectivity index (χ0n) is 13.8. The number of carbonyl (C=O) groups is 1. The van der Waals surface area contributed by atoms with Crippen LogP contribution in [-0.4, -0.2) is 25.5 Å². The molecule has 0 aliphatic heterocycles. The number of nitrogens with one attached hydrogen (secondary N) is 1. The molecule has 3 aromatic rings. The fraction of sp³-hybridized carbons (Fsp3) is 0.235. The molecule has 0 aliphatic rings. The Hall–Kier alpha value is -2.12. The molecule has 0 bridgehead atoms. The van der Waals surface area contributed by atoms with E-state index in [-0.39, 0.29) is 5.69 Å². The highest BCUT2D eigenvalue weighted by Crippen LogP contribution is 2.23. The molecular formula is C17H17BrClN5O. The van der Waals surface area contributed by atoms with Crippen LogP contribution in [0.5, 0.6) is 0 Å². The Labute approximate surface area is 158 Å². The largest absolute Gasteiger partial charge is 0.303 e. The lowest BCUT2D eigenvalue weighted by Gasteiger charge is -2.03. The first-order valence-electron chi connectivity index (χ1n) is 7.79. The summed E-state index contributed by atoms with van der Waals surface area (Å²) >= 11 is 9.49. The van der Waals surface area contributed by atoms with E-state index >= 15 is 0 Å². The van der Waals surface area contributed by atoms with Gasteiger partial charge in [0, 0.05) is 18.9 Å². The summed E-state index contributed by atoms with van der Waals surface area (Å²) in [5, 5.41) is 11.6. The zero-order valence-corrected chi connectivity index (χ0v) is 16.2. The maximum Gasteiger partial charge on any atom is 0.278 e. The number of hydrogen-bond acceptors (Lipinski definition) is 3. The van der Waals surface area contributed by atoms with E-state index in [1.54, 1.807) is 15.6 Å². The molecule has 8 heteroatoms. The Kier molecular flexibility index (Phi) is 5.24. The summed E-state index contributed by atoms with van der Waals surface area (Å²) in [7, 11) is 0. The lowest BCUT2D eigenvalue weighted by molar-refractivity contribution is 0.102. The van der Waals surface area contributed by atoms with Gasteiger partial charge < -0.3 is 5.32 Å². The van der Waals surface area contributed by atoms with Crippen LogP contribution in [-0.2, 0) is 13.1 Å². The molecule has 25 heavy (non-hydrogen) atoms. The highest BCUT2D eigenvalue weighted by atomic mass is 79.9. The monoisotopic (exact) mass is 421 g/mol.